The Kier molecular flexibility index (Phi) is 2.85. The molecule has 0 aromatic heterocycles. The third-order valence-electron chi connectivity index (χ3n) is 2.98. The van der Waals surface area contributed by atoms with E-state index in [1.807, 2.05) is 12.1 Å². The molecule has 1 heterocycles. The van der Waals surface area contributed by atoms with E-state index in [0.29, 0.717) is 12.0 Å². The van der Waals surface area contributed by atoms with E-state index in [1.165, 1.54) is 12.0 Å². The molecule has 2 unspecified atom stereocenters. The Labute approximate surface area is 85.0 Å². The van der Waals surface area contributed by atoms with Gasteiger partial charge in [0.25, 0.3) is 0 Å². The van der Waals surface area contributed by atoms with Gasteiger partial charge in [0, 0.05) is 12.6 Å². The van der Waals surface area contributed by atoms with E-state index in [2.05, 4.69) is 24.4 Å². The minimum atomic E-state index is 0.138. The zero-order valence-electron chi connectivity index (χ0n) is 8.53. The highest BCUT2D eigenvalue weighted by Crippen LogP contribution is 2.25. The summed E-state index contributed by atoms with van der Waals surface area (Å²) < 4.78 is 0. The molecule has 2 N–H and O–H groups in total. The van der Waals surface area contributed by atoms with Crippen LogP contribution in [0.1, 0.15) is 30.4 Å². The van der Waals surface area contributed by atoms with Gasteiger partial charge in [0.2, 0.25) is 0 Å². The summed E-state index contributed by atoms with van der Waals surface area (Å²) in [5, 5.41) is 12.4. The Bertz CT molecular complexity index is 294. The van der Waals surface area contributed by atoms with Crippen molar-refractivity contribution in [2.75, 3.05) is 6.54 Å². The van der Waals surface area contributed by atoms with Crippen molar-refractivity contribution < 1.29 is 5.11 Å². The van der Waals surface area contributed by atoms with Gasteiger partial charge in [-0.15, -0.1) is 0 Å². The van der Waals surface area contributed by atoms with Crippen molar-refractivity contribution in [3.8, 4) is 0 Å². The molecule has 2 heteroatoms. The number of rotatable bonds is 2. The maximum atomic E-state index is 8.92. The number of benzene rings is 1. The Balaban J connectivity index is 2.09. The predicted octanol–water partition coefficient (Wildman–Crippen LogP) is 1.64. The number of aliphatic hydroxyl groups excluding tert-OH is 1. The largest absolute Gasteiger partial charge is 0.392 e. The van der Waals surface area contributed by atoms with Gasteiger partial charge >= 0.3 is 0 Å². The smallest absolute Gasteiger partial charge is 0.0681 e. The van der Waals surface area contributed by atoms with Gasteiger partial charge in [-0.2, -0.15) is 0 Å². The van der Waals surface area contributed by atoms with E-state index >= 15 is 0 Å². The minimum Gasteiger partial charge on any atom is -0.392 e. The van der Waals surface area contributed by atoms with Gasteiger partial charge in [-0.3, -0.25) is 0 Å². The van der Waals surface area contributed by atoms with Crippen LogP contribution in [0, 0.1) is 0 Å². The third kappa shape index (κ3) is 1.97. The molecule has 1 saturated heterocycles. The molecule has 76 valence electrons. The first kappa shape index (κ1) is 9.69. The van der Waals surface area contributed by atoms with Crippen molar-refractivity contribution in [2.24, 2.45) is 0 Å². The molecular formula is C12H17NO. The van der Waals surface area contributed by atoms with Gasteiger partial charge in [0.05, 0.1) is 6.61 Å². The van der Waals surface area contributed by atoms with E-state index in [-0.39, 0.29) is 6.61 Å². The highest BCUT2D eigenvalue weighted by atomic mass is 16.3. The molecule has 1 aliphatic rings. The lowest BCUT2D eigenvalue weighted by molar-refractivity contribution is 0.282. The summed E-state index contributed by atoms with van der Waals surface area (Å²) in [4.78, 5) is 0. The molecule has 1 aromatic rings. The molecule has 14 heavy (non-hydrogen) atoms. The van der Waals surface area contributed by atoms with Gasteiger partial charge in [0.15, 0.2) is 0 Å². The minimum absolute atomic E-state index is 0.138. The highest BCUT2D eigenvalue weighted by Gasteiger charge is 2.21. The molecule has 2 rings (SSSR count). The quantitative estimate of drug-likeness (QED) is 0.745. The molecule has 0 aliphatic carbocycles. The molecular weight excluding hydrogens is 174 g/mol. The Morgan fingerprint density at radius 2 is 2.07 bits per heavy atom. The molecule has 1 aliphatic heterocycles. The molecule has 0 saturated carbocycles. The number of nitrogens with one attached hydrogen (secondary N) is 1. The number of hydrogen-bond acceptors (Lipinski definition) is 2. The molecule has 1 fully saturated rings. The maximum Gasteiger partial charge on any atom is 0.0681 e. The summed E-state index contributed by atoms with van der Waals surface area (Å²) in [6, 6.07) is 8.93. The van der Waals surface area contributed by atoms with Gasteiger partial charge < -0.3 is 10.4 Å². The number of hydrogen-bond donors (Lipinski definition) is 2. The van der Waals surface area contributed by atoms with Crippen molar-refractivity contribution in [3.63, 3.8) is 0 Å². The summed E-state index contributed by atoms with van der Waals surface area (Å²) in [5.41, 5.74) is 2.38. The molecule has 1 aromatic carbocycles. The van der Waals surface area contributed by atoms with E-state index in [9.17, 15) is 0 Å². The molecule has 0 amide bonds. The van der Waals surface area contributed by atoms with E-state index in [1.54, 1.807) is 0 Å². The topological polar surface area (TPSA) is 32.3 Å². The fourth-order valence-corrected chi connectivity index (χ4v) is 2.09. The summed E-state index contributed by atoms with van der Waals surface area (Å²) in [7, 11) is 0. The fraction of sp³-hybridized carbons (Fsp3) is 0.500. The van der Waals surface area contributed by atoms with Gasteiger partial charge in [-0.1, -0.05) is 24.3 Å². The van der Waals surface area contributed by atoms with Crippen LogP contribution in [0.15, 0.2) is 24.3 Å². The first-order valence-electron chi connectivity index (χ1n) is 5.22. The standard InChI is InChI=1S/C12H17NO/c1-9-6-12(7-13-9)11-4-2-10(8-14)3-5-11/h2-5,9,12-14H,6-8H2,1H3. The van der Waals surface area contributed by atoms with Crippen LogP contribution >= 0.6 is 0 Å². The Morgan fingerprint density at radius 1 is 1.36 bits per heavy atom. The lowest BCUT2D eigenvalue weighted by Gasteiger charge is -2.09. The van der Waals surface area contributed by atoms with Crippen molar-refractivity contribution in [1.82, 2.24) is 5.32 Å². The van der Waals surface area contributed by atoms with Crippen molar-refractivity contribution in [2.45, 2.75) is 31.9 Å². The summed E-state index contributed by atoms with van der Waals surface area (Å²) in [6.45, 7) is 3.45. The van der Waals surface area contributed by atoms with Crippen LogP contribution in [-0.2, 0) is 6.61 Å². The first-order valence-corrected chi connectivity index (χ1v) is 5.22. The van der Waals surface area contributed by atoms with Gasteiger partial charge in [-0.25, -0.2) is 0 Å². The first-order chi connectivity index (χ1) is 6.79. The van der Waals surface area contributed by atoms with Gasteiger partial charge in [0.1, 0.15) is 0 Å². The van der Waals surface area contributed by atoms with Crippen LogP contribution < -0.4 is 5.32 Å². The lowest BCUT2D eigenvalue weighted by Crippen LogP contribution is -2.16. The number of aliphatic hydroxyl groups is 1. The average Bonchev–Trinajstić information content (AvgIpc) is 2.65. The van der Waals surface area contributed by atoms with Crippen molar-refractivity contribution in [1.29, 1.82) is 0 Å². The van der Waals surface area contributed by atoms with E-state index in [4.69, 9.17) is 5.11 Å². The second-order valence-corrected chi connectivity index (χ2v) is 4.14. The summed E-state index contributed by atoms with van der Waals surface area (Å²) in [5.74, 6) is 0.651. The van der Waals surface area contributed by atoms with Crippen LogP contribution in [0.3, 0.4) is 0 Å². The zero-order valence-corrected chi connectivity index (χ0v) is 8.53. The SMILES string of the molecule is CC1CC(c2ccc(CO)cc2)CN1. The van der Waals surface area contributed by atoms with Crippen molar-refractivity contribution >= 4 is 0 Å². The molecule has 2 atom stereocenters. The summed E-state index contributed by atoms with van der Waals surface area (Å²) >= 11 is 0. The third-order valence-corrected chi connectivity index (χ3v) is 2.98. The second kappa shape index (κ2) is 4.11. The normalized spacial score (nSPS) is 26.7. The Hall–Kier alpha value is -0.860. The van der Waals surface area contributed by atoms with Crippen LogP contribution in [0.5, 0.6) is 0 Å². The van der Waals surface area contributed by atoms with E-state index in [0.717, 1.165) is 12.1 Å². The summed E-state index contributed by atoms with van der Waals surface area (Å²) in [6.07, 6.45) is 1.22. The zero-order chi connectivity index (χ0) is 9.97. The average molecular weight is 191 g/mol. The van der Waals surface area contributed by atoms with Gasteiger partial charge in [-0.05, 0) is 30.4 Å². The highest BCUT2D eigenvalue weighted by molar-refractivity contribution is 5.26. The molecule has 0 spiro atoms. The maximum absolute atomic E-state index is 8.92. The second-order valence-electron chi connectivity index (χ2n) is 4.14. The fourth-order valence-electron chi connectivity index (χ4n) is 2.09. The Morgan fingerprint density at radius 3 is 2.57 bits per heavy atom. The molecule has 2 nitrogen and oxygen atoms in total. The van der Waals surface area contributed by atoms with Crippen molar-refractivity contribution in [3.05, 3.63) is 35.4 Å². The predicted molar refractivity (Wildman–Crippen MR) is 57.2 cm³/mol. The molecule has 0 radical (unpaired) electrons. The van der Waals surface area contributed by atoms with Crippen LogP contribution in [0.25, 0.3) is 0 Å². The van der Waals surface area contributed by atoms with Crippen LogP contribution in [-0.4, -0.2) is 17.7 Å². The molecule has 0 bridgehead atoms. The van der Waals surface area contributed by atoms with Crippen LogP contribution in [0.4, 0.5) is 0 Å². The lowest BCUT2D eigenvalue weighted by atomic mass is 9.96. The monoisotopic (exact) mass is 191 g/mol. The van der Waals surface area contributed by atoms with Crippen LogP contribution in [0.2, 0.25) is 0 Å². The van der Waals surface area contributed by atoms with E-state index < -0.39 is 0 Å².